The Morgan fingerprint density at radius 3 is 2.42 bits per heavy atom. The van der Waals surface area contributed by atoms with Crippen molar-refractivity contribution in [3.05, 3.63) is 71.7 Å². The molecule has 3 heterocycles. The number of likely N-dealkylation sites (tertiary alicyclic amines) is 1. The van der Waals surface area contributed by atoms with Gasteiger partial charge in [0.25, 0.3) is 10.1 Å². The number of fused-ring (bicyclic) bond motifs is 1. The lowest BCUT2D eigenvalue weighted by molar-refractivity contribution is 0.00820. The first-order valence-electron chi connectivity index (χ1n) is 15.7. The number of ether oxygens (including phenoxy) is 1. The summed E-state index contributed by atoms with van der Waals surface area (Å²) in [6.45, 7) is 8.97. The fourth-order valence-electron chi connectivity index (χ4n) is 6.04. The van der Waals surface area contributed by atoms with Crippen LogP contribution in [0.5, 0.6) is 0 Å². The minimum Gasteiger partial charge on any atom is -0.444 e. The third-order valence-corrected chi connectivity index (χ3v) is 10.2. The van der Waals surface area contributed by atoms with Crippen LogP contribution in [0.4, 0.5) is 4.79 Å². The molecule has 2 aromatic carbocycles. The van der Waals surface area contributed by atoms with Gasteiger partial charge in [-0.3, -0.25) is 13.8 Å². The van der Waals surface area contributed by atoms with Crippen LogP contribution in [0.1, 0.15) is 81.2 Å². The highest BCUT2D eigenvalue weighted by Crippen LogP contribution is 2.46. The van der Waals surface area contributed by atoms with Gasteiger partial charge in [-0.1, -0.05) is 23.8 Å². The van der Waals surface area contributed by atoms with Crippen molar-refractivity contribution in [2.45, 2.75) is 81.8 Å². The molecule has 3 fully saturated rings. The Labute approximate surface area is 263 Å². The zero-order valence-electron chi connectivity index (χ0n) is 26.1. The molecule has 236 valence electrons. The van der Waals surface area contributed by atoms with Crippen LogP contribution >= 0.6 is 0 Å². The smallest absolute Gasteiger partial charge is 0.410 e. The Kier molecular flexibility index (Phi) is 7.43. The highest BCUT2D eigenvalue weighted by molar-refractivity contribution is 7.86. The molecule has 11 heteroatoms. The maximum Gasteiger partial charge on any atom is 0.410 e. The Morgan fingerprint density at radius 2 is 1.73 bits per heavy atom. The second-order valence-electron chi connectivity index (χ2n) is 13.8. The number of carbonyl (C=O) groups is 1. The molecule has 10 nitrogen and oxygen atoms in total. The molecule has 3 aliphatic rings. The molecule has 4 aromatic rings. The van der Waals surface area contributed by atoms with Crippen molar-refractivity contribution in [3.8, 4) is 11.3 Å². The van der Waals surface area contributed by atoms with Gasteiger partial charge in [0.15, 0.2) is 0 Å². The molecule has 1 aliphatic heterocycles. The Bertz CT molecular complexity index is 1850. The molecule has 2 saturated carbocycles. The fraction of sp³-hybridized carbons (Fsp3) is 0.471. The van der Waals surface area contributed by atoms with Gasteiger partial charge in [-0.15, -0.1) is 0 Å². The van der Waals surface area contributed by atoms with E-state index in [-0.39, 0.29) is 35.5 Å². The normalized spacial score (nSPS) is 20.6. The van der Waals surface area contributed by atoms with Crippen molar-refractivity contribution in [2.75, 3.05) is 19.7 Å². The summed E-state index contributed by atoms with van der Waals surface area (Å²) in [5.41, 5.74) is 6.16. The number of aromatic nitrogens is 4. The van der Waals surface area contributed by atoms with Crippen LogP contribution in [0, 0.1) is 12.8 Å². The van der Waals surface area contributed by atoms with Crippen molar-refractivity contribution in [1.82, 2.24) is 24.6 Å². The second kappa shape index (κ2) is 11.2. The fourth-order valence-corrected chi connectivity index (χ4v) is 7.01. The number of rotatable bonds is 8. The van der Waals surface area contributed by atoms with Gasteiger partial charge >= 0.3 is 6.09 Å². The Hall–Kier alpha value is -3.83. The van der Waals surface area contributed by atoms with Crippen LogP contribution in [0.25, 0.3) is 22.3 Å². The third-order valence-electron chi connectivity index (χ3n) is 8.92. The van der Waals surface area contributed by atoms with Crippen LogP contribution in [0.3, 0.4) is 0 Å². The molecule has 0 bridgehead atoms. The monoisotopic (exact) mass is 629 g/mol. The van der Waals surface area contributed by atoms with Gasteiger partial charge in [-0.25, -0.2) is 9.78 Å². The molecule has 2 aromatic heterocycles. The van der Waals surface area contributed by atoms with E-state index in [0.29, 0.717) is 19.0 Å². The van der Waals surface area contributed by atoms with E-state index in [1.165, 1.54) is 0 Å². The van der Waals surface area contributed by atoms with Crippen molar-refractivity contribution < 1.29 is 22.1 Å². The average molecular weight is 630 g/mol. The van der Waals surface area contributed by atoms with E-state index in [2.05, 4.69) is 18.3 Å². The summed E-state index contributed by atoms with van der Waals surface area (Å²) >= 11 is 0. The first-order chi connectivity index (χ1) is 21.4. The molecule has 0 radical (unpaired) electrons. The van der Waals surface area contributed by atoms with Crippen LogP contribution in [-0.2, 0) is 19.0 Å². The van der Waals surface area contributed by atoms with Gasteiger partial charge in [0.1, 0.15) is 5.60 Å². The minimum absolute atomic E-state index is 0.156. The van der Waals surface area contributed by atoms with E-state index in [1.54, 1.807) is 29.2 Å². The van der Waals surface area contributed by atoms with Crippen LogP contribution < -0.4 is 0 Å². The quantitative estimate of drug-likeness (QED) is 0.207. The lowest BCUT2D eigenvalue weighted by Gasteiger charge is -2.40. The summed E-state index contributed by atoms with van der Waals surface area (Å²) < 4.78 is 38.2. The molecule has 45 heavy (non-hydrogen) atoms. The molecule has 0 N–H and O–H groups in total. The maximum absolute atomic E-state index is 12.6. The maximum atomic E-state index is 12.6. The first-order valence-corrected chi connectivity index (χ1v) is 17.1. The lowest BCUT2D eigenvalue weighted by atomic mass is 9.81. The second-order valence-corrected chi connectivity index (χ2v) is 15.4. The number of aryl methyl sites for hydroxylation is 1. The van der Waals surface area contributed by atoms with Crippen molar-refractivity contribution in [1.29, 1.82) is 0 Å². The number of carbonyl (C=O) groups excluding carboxylic acids is 1. The van der Waals surface area contributed by atoms with Gasteiger partial charge in [0.05, 0.1) is 46.2 Å². The number of hydrogen-bond donors (Lipinski definition) is 0. The molecule has 1 saturated heterocycles. The summed E-state index contributed by atoms with van der Waals surface area (Å²) in [5, 5.41) is 5.01. The van der Waals surface area contributed by atoms with Gasteiger partial charge < -0.3 is 9.64 Å². The number of benzene rings is 2. The number of hydrogen-bond acceptors (Lipinski definition) is 8. The van der Waals surface area contributed by atoms with E-state index in [4.69, 9.17) is 24.0 Å². The largest absolute Gasteiger partial charge is 0.444 e. The SMILES string of the molecule is Cc1ccc(S(=O)(=O)OCC2CC(n3cc(-c4cnc5ccc(C6CN(C(=O)OC(C)(C)C)C6)cc5n4)c(C4CC4)n3)C2)cc1. The van der Waals surface area contributed by atoms with E-state index >= 15 is 0 Å². The van der Waals surface area contributed by atoms with Crippen molar-refractivity contribution in [2.24, 2.45) is 5.92 Å². The van der Waals surface area contributed by atoms with E-state index < -0.39 is 15.7 Å². The lowest BCUT2D eigenvalue weighted by Crippen LogP contribution is -2.50. The predicted octanol–water partition coefficient (Wildman–Crippen LogP) is 6.37. The Balaban J connectivity index is 1.02. The molecular formula is C34H39N5O5S. The van der Waals surface area contributed by atoms with E-state index in [1.807, 2.05) is 44.6 Å². The Morgan fingerprint density at radius 1 is 1.00 bits per heavy atom. The van der Waals surface area contributed by atoms with E-state index in [9.17, 15) is 13.2 Å². The molecule has 0 unspecified atom stereocenters. The standard InChI is InChI=1S/C34H39N5O5S/c1-21-5-10-27(11-6-21)45(41,42)43-20-22-13-26(14-22)39-19-28(32(37-39)23-7-8-23)31-16-35-29-12-9-24(15-30(29)36-31)25-17-38(18-25)33(40)44-34(2,3)4/h5-6,9-12,15-16,19,22-23,25-26H,7-8,13-14,17-18,20H2,1-4H3. The summed E-state index contributed by atoms with van der Waals surface area (Å²) in [6.07, 6.45) is 7.49. The van der Waals surface area contributed by atoms with Crippen molar-refractivity contribution >= 4 is 27.2 Å². The zero-order valence-corrected chi connectivity index (χ0v) is 27.0. The summed E-state index contributed by atoms with van der Waals surface area (Å²) in [7, 11) is -3.77. The summed E-state index contributed by atoms with van der Waals surface area (Å²) in [4.78, 5) is 24.1. The summed E-state index contributed by atoms with van der Waals surface area (Å²) in [5.74, 6) is 0.821. The highest BCUT2D eigenvalue weighted by Gasteiger charge is 2.37. The van der Waals surface area contributed by atoms with Crippen LogP contribution in [0.15, 0.2) is 59.8 Å². The minimum atomic E-state index is -3.77. The third kappa shape index (κ3) is 6.33. The number of nitrogens with zero attached hydrogens (tertiary/aromatic N) is 5. The van der Waals surface area contributed by atoms with Gasteiger partial charge in [-0.05, 0) is 89.1 Å². The molecule has 0 spiro atoms. The first kappa shape index (κ1) is 29.9. The van der Waals surface area contributed by atoms with E-state index in [0.717, 1.165) is 64.8 Å². The van der Waals surface area contributed by atoms with Gasteiger partial charge in [0.2, 0.25) is 0 Å². The highest BCUT2D eigenvalue weighted by atomic mass is 32.2. The van der Waals surface area contributed by atoms with Crippen molar-refractivity contribution in [3.63, 3.8) is 0 Å². The molecule has 0 atom stereocenters. The zero-order chi connectivity index (χ0) is 31.5. The molecule has 7 rings (SSSR count). The van der Waals surface area contributed by atoms with Crippen LogP contribution in [-0.4, -0.2) is 64.5 Å². The number of amides is 1. The summed E-state index contributed by atoms with van der Waals surface area (Å²) in [6, 6.07) is 13.1. The van der Waals surface area contributed by atoms with Crippen LogP contribution in [0.2, 0.25) is 0 Å². The topological polar surface area (TPSA) is 117 Å². The van der Waals surface area contributed by atoms with Gasteiger partial charge in [0, 0.05) is 36.7 Å². The van der Waals surface area contributed by atoms with Gasteiger partial charge in [-0.2, -0.15) is 13.5 Å². The molecule has 2 aliphatic carbocycles. The predicted molar refractivity (Wildman–Crippen MR) is 169 cm³/mol. The average Bonchev–Trinajstić information content (AvgIpc) is 3.69. The molecule has 1 amide bonds. The molecular weight excluding hydrogens is 590 g/mol.